The average molecular weight is 283 g/mol. The minimum Gasteiger partial charge on any atom is -0.439 e. The van der Waals surface area contributed by atoms with Crippen LogP contribution in [0, 0.1) is 0 Å². The maximum atomic E-state index is 5.89. The Morgan fingerprint density at radius 2 is 1.89 bits per heavy atom. The summed E-state index contributed by atoms with van der Waals surface area (Å²) in [4.78, 5) is 4.20. The van der Waals surface area contributed by atoms with Gasteiger partial charge in [-0.3, -0.25) is 0 Å². The number of hydrogen-bond donors (Lipinski definition) is 1. The molecule has 0 saturated carbocycles. The monoisotopic (exact) mass is 282 g/mol. The molecule has 2 rings (SSSR count). The molecule has 0 saturated heterocycles. The van der Waals surface area contributed by atoms with Crippen molar-refractivity contribution >= 4 is 23.2 Å². The van der Waals surface area contributed by atoms with Crippen molar-refractivity contribution in [3.63, 3.8) is 0 Å². The summed E-state index contributed by atoms with van der Waals surface area (Å²) >= 11 is 11.8. The Hall–Kier alpha value is -1.29. The first kappa shape index (κ1) is 13.1. The summed E-state index contributed by atoms with van der Waals surface area (Å²) < 4.78 is 5.57. The van der Waals surface area contributed by atoms with E-state index in [1.54, 1.807) is 24.4 Å². The summed E-state index contributed by atoms with van der Waals surface area (Å²) in [5.74, 6) is 1.08. The largest absolute Gasteiger partial charge is 0.439 e. The number of benzene rings is 1. The highest BCUT2D eigenvalue weighted by Gasteiger charge is 2.02. The highest BCUT2D eigenvalue weighted by atomic mass is 35.5. The van der Waals surface area contributed by atoms with Crippen molar-refractivity contribution in [3.05, 3.63) is 52.1 Å². The van der Waals surface area contributed by atoms with Crippen molar-refractivity contribution in [2.75, 3.05) is 7.05 Å². The zero-order chi connectivity index (χ0) is 13.0. The van der Waals surface area contributed by atoms with Crippen LogP contribution < -0.4 is 10.1 Å². The number of nitrogens with zero attached hydrogens (tertiary/aromatic N) is 1. The van der Waals surface area contributed by atoms with Crippen LogP contribution in [-0.4, -0.2) is 12.0 Å². The molecule has 0 aliphatic rings. The van der Waals surface area contributed by atoms with Crippen LogP contribution in [0.15, 0.2) is 36.5 Å². The summed E-state index contributed by atoms with van der Waals surface area (Å²) in [5, 5.41) is 4.12. The first-order valence-corrected chi connectivity index (χ1v) is 6.16. The zero-order valence-corrected chi connectivity index (χ0v) is 11.3. The summed E-state index contributed by atoms with van der Waals surface area (Å²) in [7, 11) is 1.89. The molecule has 0 amide bonds. The Labute approximate surface area is 116 Å². The van der Waals surface area contributed by atoms with Crippen LogP contribution in [0.2, 0.25) is 10.0 Å². The number of halogens is 2. The lowest BCUT2D eigenvalue weighted by Gasteiger charge is -2.06. The van der Waals surface area contributed by atoms with E-state index in [1.807, 2.05) is 19.2 Å². The smallest absolute Gasteiger partial charge is 0.219 e. The molecule has 5 heteroatoms. The molecule has 1 N–H and O–H groups in total. The van der Waals surface area contributed by atoms with Gasteiger partial charge in [-0.05, 0) is 30.8 Å². The second kappa shape index (κ2) is 6.05. The fraction of sp³-hybridized carbons (Fsp3) is 0.154. The maximum absolute atomic E-state index is 5.89. The Bertz CT molecular complexity index is 509. The number of rotatable bonds is 4. The Kier molecular flexibility index (Phi) is 4.42. The van der Waals surface area contributed by atoms with Crippen molar-refractivity contribution in [3.8, 4) is 11.6 Å². The lowest BCUT2D eigenvalue weighted by molar-refractivity contribution is 0.462. The number of pyridine rings is 1. The van der Waals surface area contributed by atoms with E-state index in [0.29, 0.717) is 21.7 Å². The second-order valence-electron chi connectivity index (χ2n) is 3.74. The van der Waals surface area contributed by atoms with Gasteiger partial charge in [-0.25, -0.2) is 4.98 Å². The van der Waals surface area contributed by atoms with Crippen molar-refractivity contribution < 1.29 is 4.74 Å². The molecular formula is C13H12Cl2N2O. The molecule has 1 heterocycles. The highest BCUT2D eigenvalue weighted by Crippen LogP contribution is 2.27. The molecule has 1 aromatic heterocycles. The predicted octanol–water partition coefficient (Wildman–Crippen LogP) is 3.90. The third-order valence-electron chi connectivity index (χ3n) is 2.24. The van der Waals surface area contributed by atoms with Crippen LogP contribution in [0.4, 0.5) is 0 Å². The first-order chi connectivity index (χ1) is 8.67. The van der Waals surface area contributed by atoms with Gasteiger partial charge in [0.25, 0.3) is 0 Å². The molecule has 94 valence electrons. The van der Waals surface area contributed by atoms with Gasteiger partial charge in [-0.1, -0.05) is 29.3 Å². The van der Waals surface area contributed by atoms with E-state index in [2.05, 4.69) is 10.3 Å². The normalized spacial score (nSPS) is 10.4. The van der Waals surface area contributed by atoms with Gasteiger partial charge in [0, 0.05) is 28.9 Å². The average Bonchev–Trinajstić information content (AvgIpc) is 2.31. The Balaban J connectivity index is 2.13. The summed E-state index contributed by atoms with van der Waals surface area (Å²) in [6.45, 7) is 0.774. The standard InChI is InChI=1S/C13H12Cl2N2O/c1-16-7-9-2-3-13(17-8-9)18-12-5-10(14)4-11(15)6-12/h2-6,8,16H,7H2,1H3. The highest BCUT2D eigenvalue weighted by molar-refractivity contribution is 6.34. The van der Waals surface area contributed by atoms with E-state index < -0.39 is 0 Å². The first-order valence-electron chi connectivity index (χ1n) is 5.41. The number of ether oxygens (including phenoxy) is 1. The van der Waals surface area contributed by atoms with Crippen molar-refractivity contribution in [2.24, 2.45) is 0 Å². The molecule has 18 heavy (non-hydrogen) atoms. The van der Waals surface area contributed by atoms with E-state index in [9.17, 15) is 0 Å². The molecule has 0 unspecified atom stereocenters. The van der Waals surface area contributed by atoms with Gasteiger partial charge in [0.15, 0.2) is 0 Å². The fourth-order valence-electron chi connectivity index (χ4n) is 1.49. The summed E-state index contributed by atoms with van der Waals surface area (Å²) in [6, 6.07) is 8.79. The van der Waals surface area contributed by atoms with E-state index in [4.69, 9.17) is 27.9 Å². The zero-order valence-electron chi connectivity index (χ0n) is 9.78. The van der Waals surface area contributed by atoms with Crippen molar-refractivity contribution in [1.82, 2.24) is 10.3 Å². The molecule has 2 aromatic rings. The minimum atomic E-state index is 0.508. The topological polar surface area (TPSA) is 34.1 Å². The van der Waals surface area contributed by atoms with Crippen LogP contribution >= 0.6 is 23.2 Å². The van der Waals surface area contributed by atoms with Crippen LogP contribution in [0.25, 0.3) is 0 Å². The summed E-state index contributed by atoms with van der Waals surface area (Å²) in [5.41, 5.74) is 1.09. The summed E-state index contributed by atoms with van der Waals surface area (Å²) in [6.07, 6.45) is 1.76. The van der Waals surface area contributed by atoms with Crippen LogP contribution in [0.3, 0.4) is 0 Å². The molecule has 0 bridgehead atoms. The van der Waals surface area contributed by atoms with E-state index in [1.165, 1.54) is 0 Å². The lowest BCUT2D eigenvalue weighted by atomic mass is 10.3. The predicted molar refractivity (Wildman–Crippen MR) is 73.5 cm³/mol. The van der Waals surface area contributed by atoms with Crippen molar-refractivity contribution in [2.45, 2.75) is 6.54 Å². The van der Waals surface area contributed by atoms with Gasteiger partial charge >= 0.3 is 0 Å². The number of aromatic nitrogens is 1. The number of hydrogen-bond acceptors (Lipinski definition) is 3. The SMILES string of the molecule is CNCc1ccc(Oc2cc(Cl)cc(Cl)c2)nc1. The molecule has 0 aliphatic heterocycles. The minimum absolute atomic E-state index is 0.508. The third kappa shape index (κ3) is 3.60. The van der Waals surface area contributed by atoms with Crippen LogP contribution in [-0.2, 0) is 6.54 Å². The molecule has 0 radical (unpaired) electrons. The molecule has 0 spiro atoms. The van der Waals surface area contributed by atoms with Gasteiger partial charge in [0.2, 0.25) is 5.88 Å². The third-order valence-corrected chi connectivity index (χ3v) is 2.67. The van der Waals surface area contributed by atoms with E-state index in [-0.39, 0.29) is 0 Å². The molecule has 0 fully saturated rings. The van der Waals surface area contributed by atoms with E-state index in [0.717, 1.165) is 12.1 Å². The molecular weight excluding hydrogens is 271 g/mol. The van der Waals surface area contributed by atoms with Crippen molar-refractivity contribution in [1.29, 1.82) is 0 Å². The second-order valence-corrected chi connectivity index (χ2v) is 4.62. The number of nitrogens with one attached hydrogen (secondary N) is 1. The molecule has 1 aromatic carbocycles. The van der Waals surface area contributed by atoms with Gasteiger partial charge in [0.05, 0.1) is 0 Å². The van der Waals surface area contributed by atoms with Gasteiger partial charge in [0.1, 0.15) is 5.75 Å². The lowest BCUT2D eigenvalue weighted by Crippen LogP contribution is -2.05. The molecule has 3 nitrogen and oxygen atoms in total. The van der Waals surface area contributed by atoms with Crippen LogP contribution in [0.5, 0.6) is 11.6 Å². The van der Waals surface area contributed by atoms with Gasteiger partial charge in [-0.15, -0.1) is 0 Å². The van der Waals surface area contributed by atoms with Gasteiger partial charge in [-0.2, -0.15) is 0 Å². The van der Waals surface area contributed by atoms with Gasteiger partial charge < -0.3 is 10.1 Å². The quantitative estimate of drug-likeness (QED) is 0.924. The molecule has 0 aliphatic carbocycles. The maximum Gasteiger partial charge on any atom is 0.219 e. The Morgan fingerprint density at radius 3 is 2.44 bits per heavy atom. The molecule has 0 atom stereocenters. The fourth-order valence-corrected chi connectivity index (χ4v) is 1.99. The Morgan fingerprint density at radius 1 is 1.17 bits per heavy atom. The van der Waals surface area contributed by atoms with Crippen LogP contribution in [0.1, 0.15) is 5.56 Å². The van der Waals surface area contributed by atoms with E-state index >= 15 is 0 Å².